The minimum Gasteiger partial charge on any atom is -0.497 e. The van der Waals surface area contributed by atoms with Crippen LogP contribution in [0.25, 0.3) is 0 Å². The Labute approximate surface area is 164 Å². The van der Waals surface area contributed by atoms with Crippen molar-refractivity contribution in [2.75, 3.05) is 20.2 Å². The van der Waals surface area contributed by atoms with Crippen molar-refractivity contribution in [3.8, 4) is 5.75 Å². The van der Waals surface area contributed by atoms with E-state index in [0.29, 0.717) is 30.2 Å². The summed E-state index contributed by atoms with van der Waals surface area (Å²) in [5, 5.41) is 3.41. The molecule has 1 atom stereocenters. The molecule has 2 amide bonds. The van der Waals surface area contributed by atoms with E-state index in [4.69, 9.17) is 16.3 Å². The number of methoxy groups -OCH3 is 1. The number of carbonyl (C=O) groups is 2. The fourth-order valence-corrected chi connectivity index (χ4v) is 3.47. The molecule has 1 aliphatic rings. The molecule has 0 bridgehead atoms. The quantitative estimate of drug-likeness (QED) is 0.855. The molecule has 0 unspecified atom stereocenters. The van der Waals surface area contributed by atoms with Crippen molar-refractivity contribution in [1.29, 1.82) is 0 Å². The Kier molecular flexibility index (Phi) is 6.35. The number of nitrogens with one attached hydrogen (secondary N) is 1. The number of piperidine rings is 1. The number of ether oxygens (including phenoxy) is 1. The van der Waals surface area contributed by atoms with Gasteiger partial charge in [0.05, 0.1) is 23.6 Å². The van der Waals surface area contributed by atoms with Gasteiger partial charge >= 0.3 is 0 Å². The van der Waals surface area contributed by atoms with E-state index in [2.05, 4.69) is 5.32 Å². The zero-order chi connectivity index (χ0) is 19.2. The fourth-order valence-electron chi connectivity index (χ4n) is 3.26. The number of halogens is 1. The maximum atomic E-state index is 12.7. The van der Waals surface area contributed by atoms with Crippen molar-refractivity contribution >= 4 is 23.4 Å². The second kappa shape index (κ2) is 8.91. The first kappa shape index (κ1) is 19.2. The third-order valence-corrected chi connectivity index (χ3v) is 5.14. The third-order valence-electron chi connectivity index (χ3n) is 4.81. The summed E-state index contributed by atoms with van der Waals surface area (Å²) >= 11 is 6.14. The van der Waals surface area contributed by atoms with Crippen LogP contribution < -0.4 is 10.1 Å². The van der Waals surface area contributed by atoms with Gasteiger partial charge in [0.15, 0.2) is 0 Å². The van der Waals surface area contributed by atoms with Gasteiger partial charge in [0.1, 0.15) is 5.75 Å². The Morgan fingerprint density at radius 3 is 2.63 bits per heavy atom. The second-order valence-corrected chi connectivity index (χ2v) is 7.04. The van der Waals surface area contributed by atoms with Crippen LogP contribution in [0.5, 0.6) is 5.75 Å². The van der Waals surface area contributed by atoms with E-state index in [1.807, 2.05) is 24.3 Å². The maximum absolute atomic E-state index is 12.7. The molecule has 3 rings (SSSR count). The fraction of sp³-hybridized carbons (Fsp3) is 0.333. The van der Waals surface area contributed by atoms with E-state index in [1.165, 1.54) is 0 Å². The van der Waals surface area contributed by atoms with Gasteiger partial charge in [-0.05, 0) is 42.7 Å². The van der Waals surface area contributed by atoms with Crippen LogP contribution in [0.15, 0.2) is 48.5 Å². The summed E-state index contributed by atoms with van der Waals surface area (Å²) in [6.45, 7) is 1.52. The molecule has 142 valence electrons. The summed E-state index contributed by atoms with van der Waals surface area (Å²) < 4.78 is 5.13. The average molecular weight is 387 g/mol. The van der Waals surface area contributed by atoms with Crippen LogP contribution >= 0.6 is 11.6 Å². The largest absolute Gasteiger partial charge is 0.497 e. The lowest BCUT2D eigenvalue weighted by molar-refractivity contribution is -0.126. The van der Waals surface area contributed by atoms with Gasteiger partial charge in [0.25, 0.3) is 5.91 Å². The average Bonchev–Trinajstić information content (AvgIpc) is 2.72. The van der Waals surface area contributed by atoms with Crippen LogP contribution in [0.3, 0.4) is 0 Å². The van der Waals surface area contributed by atoms with Crippen molar-refractivity contribution in [1.82, 2.24) is 10.2 Å². The van der Waals surface area contributed by atoms with Crippen LogP contribution in [-0.4, -0.2) is 36.9 Å². The van der Waals surface area contributed by atoms with Crippen LogP contribution in [-0.2, 0) is 11.3 Å². The van der Waals surface area contributed by atoms with Gasteiger partial charge in [-0.3, -0.25) is 9.59 Å². The van der Waals surface area contributed by atoms with Crippen LogP contribution in [0.2, 0.25) is 5.02 Å². The number of hydrogen-bond acceptors (Lipinski definition) is 3. The lowest BCUT2D eigenvalue weighted by Crippen LogP contribution is -2.45. The van der Waals surface area contributed by atoms with Gasteiger partial charge in [-0.25, -0.2) is 0 Å². The Balaban J connectivity index is 1.57. The Hall–Kier alpha value is -2.53. The second-order valence-electron chi connectivity index (χ2n) is 6.64. The lowest BCUT2D eigenvalue weighted by Gasteiger charge is -2.32. The standard InChI is InChI=1S/C21H23ClN2O3/c1-27-17-10-8-15(9-11-17)13-23-20(25)16-5-4-12-24(14-16)21(26)18-6-2-3-7-19(18)22/h2-3,6-11,16H,4-5,12-14H2,1H3,(H,23,25)/t16-/m1/s1. The van der Waals surface area contributed by atoms with Gasteiger partial charge in [-0.15, -0.1) is 0 Å². The van der Waals surface area contributed by atoms with E-state index >= 15 is 0 Å². The molecule has 1 N–H and O–H groups in total. The molecule has 0 aromatic heterocycles. The van der Waals surface area contributed by atoms with E-state index in [0.717, 1.165) is 24.2 Å². The third kappa shape index (κ3) is 4.80. The summed E-state index contributed by atoms with van der Waals surface area (Å²) in [5.74, 6) is 0.435. The molecule has 27 heavy (non-hydrogen) atoms. The minimum atomic E-state index is -0.205. The molecule has 2 aromatic carbocycles. The molecule has 0 radical (unpaired) electrons. The van der Waals surface area contributed by atoms with Crippen molar-refractivity contribution in [2.24, 2.45) is 5.92 Å². The molecule has 5 nitrogen and oxygen atoms in total. The molecule has 1 aliphatic heterocycles. The number of likely N-dealkylation sites (tertiary alicyclic amines) is 1. The van der Waals surface area contributed by atoms with Crippen LogP contribution in [0.1, 0.15) is 28.8 Å². The monoisotopic (exact) mass is 386 g/mol. The van der Waals surface area contributed by atoms with Crippen molar-refractivity contribution in [3.05, 3.63) is 64.7 Å². The van der Waals surface area contributed by atoms with Crippen LogP contribution in [0, 0.1) is 5.92 Å². The number of nitrogens with zero attached hydrogens (tertiary/aromatic N) is 1. The predicted octanol–water partition coefficient (Wildman–Crippen LogP) is 3.52. The highest BCUT2D eigenvalue weighted by Gasteiger charge is 2.29. The molecule has 0 saturated carbocycles. The van der Waals surface area contributed by atoms with E-state index in [-0.39, 0.29) is 17.7 Å². The van der Waals surface area contributed by atoms with Gasteiger partial charge in [0.2, 0.25) is 5.91 Å². The molecular formula is C21H23ClN2O3. The molecule has 1 heterocycles. The minimum absolute atomic E-state index is 0.0255. The molecule has 6 heteroatoms. The summed E-state index contributed by atoms with van der Waals surface area (Å²) in [6, 6.07) is 14.6. The Morgan fingerprint density at radius 1 is 1.19 bits per heavy atom. The van der Waals surface area contributed by atoms with Crippen molar-refractivity contribution in [3.63, 3.8) is 0 Å². The smallest absolute Gasteiger partial charge is 0.255 e. The highest BCUT2D eigenvalue weighted by molar-refractivity contribution is 6.33. The van der Waals surface area contributed by atoms with E-state index < -0.39 is 0 Å². The summed E-state index contributed by atoms with van der Waals surface area (Å²) in [6.07, 6.45) is 1.58. The summed E-state index contributed by atoms with van der Waals surface area (Å²) in [5.41, 5.74) is 1.49. The van der Waals surface area contributed by atoms with E-state index in [1.54, 1.807) is 36.3 Å². The van der Waals surface area contributed by atoms with E-state index in [9.17, 15) is 9.59 Å². The van der Waals surface area contributed by atoms with Gasteiger partial charge < -0.3 is 15.0 Å². The first-order chi connectivity index (χ1) is 13.1. The van der Waals surface area contributed by atoms with Gasteiger partial charge in [0, 0.05) is 19.6 Å². The zero-order valence-corrected chi connectivity index (χ0v) is 16.0. The normalized spacial score (nSPS) is 16.7. The number of rotatable bonds is 5. The molecular weight excluding hydrogens is 364 g/mol. The first-order valence-electron chi connectivity index (χ1n) is 9.03. The lowest BCUT2D eigenvalue weighted by atomic mass is 9.96. The number of amides is 2. The van der Waals surface area contributed by atoms with Crippen LogP contribution in [0.4, 0.5) is 0 Å². The summed E-state index contributed by atoms with van der Waals surface area (Å²) in [4.78, 5) is 27.0. The first-order valence-corrected chi connectivity index (χ1v) is 9.40. The number of carbonyl (C=O) groups excluding carboxylic acids is 2. The van der Waals surface area contributed by atoms with Crippen molar-refractivity contribution < 1.29 is 14.3 Å². The predicted molar refractivity (Wildman–Crippen MR) is 105 cm³/mol. The van der Waals surface area contributed by atoms with Gasteiger partial charge in [-0.2, -0.15) is 0 Å². The topological polar surface area (TPSA) is 58.6 Å². The number of benzene rings is 2. The molecule has 1 saturated heterocycles. The highest BCUT2D eigenvalue weighted by Crippen LogP contribution is 2.22. The number of hydrogen-bond donors (Lipinski definition) is 1. The molecule has 2 aromatic rings. The van der Waals surface area contributed by atoms with Gasteiger partial charge in [-0.1, -0.05) is 35.9 Å². The molecule has 0 spiro atoms. The highest BCUT2D eigenvalue weighted by atomic mass is 35.5. The van der Waals surface area contributed by atoms with Crippen molar-refractivity contribution in [2.45, 2.75) is 19.4 Å². The maximum Gasteiger partial charge on any atom is 0.255 e. The molecule has 0 aliphatic carbocycles. The SMILES string of the molecule is COc1ccc(CNC(=O)[C@@H]2CCCN(C(=O)c3ccccc3Cl)C2)cc1. The zero-order valence-electron chi connectivity index (χ0n) is 15.3. The Morgan fingerprint density at radius 2 is 1.93 bits per heavy atom. The Bertz CT molecular complexity index is 807. The molecule has 1 fully saturated rings. The summed E-state index contributed by atoms with van der Waals surface area (Å²) in [7, 11) is 1.62.